The van der Waals surface area contributed by atoms with Crippen molar-refractivity contribution in [1.82, 2.24) is 5.32 Å². The van der Waals surface area contributed by atoms with Gasteiger partial charge in [-0.15, -0.1) is 0 Å². The maximum atomic E-state index is 13.3. The molecule has 0 unspecified atom stereocenters. The number of methoxy groups -OCH3 is 2. The van der Waals surface area contributed by atoms with Crippen molar-refractivity contribution >= 4 is 17.5 Å². The van der Waals surface area contributed by atoms with Gasteiger partial charge in [-0.2, -0.15) is 0 Å². The third kappa shape index (κ3) is 3.90. The Morgan fingerprint density at radius 3 is 2.48 bits per heavy atom. The van der Waals surface area contributed by atoms with Crippen LogP contribution in [0.4, 0.5) is 8.78 Å². The van der Waals surface area contributed by atoms with Crippen molar-refractivity contribution in [2.24, 2.45) is 0 Å². The Kier molecular flexibility index (Phi) is 5.39. The highest BCUT2D eigenvalue weighted by Gasteiger charge is 2.15. The molecule has 122 valence electrons. The topological polar surface area (TPSA) is 47.6 Å². The van der Waals surface area contributed by atoms with Crippen molar-refractivity contribution in [1.29, 1.82) is 0 Å². The lowest BCUT2D eigenvalue weighted by atomic mass is 10.1. The highest BCUT2D eigenvalue weighted by Crippen LogP contribution is 2.24. The Hall–Kier alpha value is -2.34. The first kappa shape index (κ1) is 17.0. The van der Waals surface area contributed by atoms with E-state index in [1.807, 2.05) is 0 Å². The average Bonchev–Trinajstić information content (AvgIpc) is 2.55. The highest BCUT2D eigenvalue weighted by atomic mass is 35.5. The molecule has 2 rings (SSSR count). The summed E-state index contributed by atoms with van der Waals surface area (Å²) in [5.74, 6) is -1.72. The fourth-order valence-corrected chi connectivity index (χ4v) is 2.22. The monoisotopic (exact) mass is 341 g/mol. The van der Waals surface area contributed by atoms with Gasteiger partial charge in [0, 0.05) is 12.1 Å². The van der Waals surface area contributed by atoms with Gasteiger partial charge in [0.25, 0.3) is 5.91 Å². The van der Waals surface area contributed by atoms with E-state index in [0.717, 1.165) is 12.1 Å². The molecular weight excluding hydrogens is 328 g/mol. The zero-order valence-corrected chi connectivity index (χ0v) is 13.2. The molecule has 0 fully saturated rings. The molecule has 0 spiro atoms. The van der Waals surface area contributed by atoms with Crippen molar-refractivity contribution < 1.29 is 23.0 Å². The van der Waals surface area contributed by atoms with Gasteiger partial charge in [-0.05, 0) is 30.3 Å². The van der Waals surface area contributed by atoms with Gasteiger partial charge in [0.05, 0.1) is 24.8 Å². The van der Waals surface area contributed by atoms with Crippen LogP contribution in [0.2, 0.25) is 5.02 Å². The number of carbonyl (C=O) groups is 1. The second-order valence-electron chi connectivity index (χ2n) is 4.61. The first-order valence-electron chi connectivity index (χ1n) is 6.60. The summed E-state index contributed by atoms with van der Waals surface area (Å²) in [7, 11) is 3.02. The number of carbonyl (C=O) groups excluding carboxylic acids is 1. The Morgan fingerprint density at radius 2 is 1.83 bits per heavy atom. The van der Waals surface area contributed by atoms with Crippen molar-refractivity contribution in [2.75, 3.05) is 14.2 Å². The maximum absolute atomic E-state index is 13.3. The molecule has 0 heterocycles. The van der Waals surface area contributed by atoms with E-state index in [4.69, 9.17) is 21.1 Å². The molecule has 0 aliphatic carbocycles. The summed E-state index contributed by atoms with van der Waals surface area (Å²) in [5, 5.41) is 2.41. The molecule has 0 aromatic heterocycles. The molecule has 23 heavy (non-hydrogen) atoms. The molecule has 1 N–H and O–H groups in total. The van der Waals surface area contributed by atoms with E-state index in [-0.39, 0.29) is 17.1 Å². The minimum atomic E-state index is -1.14. The number of halogens is 3. The van der Waals surface area contributed by atoms with Gasteiger partial charge >= 0.3 is 0 Å². The van der Waals surface area contributed by atoms with Crippen LogP contribution < -0.4 is 14.8 Å². The van der Waals surface area contributed by atoms with Crippen LogP contribution in [0.5, 0.6) is 11.5 Å². The minimum absolute atomic E-state index is 0.106. The van der Waals surface area contributed by atoms with E-state index in [1.165, 1.54) is 14.2 Å². The normalized spacial score (nSPS) is 10.3. The van der Waals surface area contributed by atoms with E-state index < -0.39 is 17.5 Å². The van der Waals surface area contributed by atoms with Gasteiger partial charge in [0.2, 0.25) is 0 Å². The third-order valence-electron chi connectivity index (χ3n) is 3.18. The molecule has 0 atom stereocenters. The fourth-order valence-electron chi connectivity index (χ4n) is 1.99. The van der Waals surface area contributed by atoms with Gasteiger partial charge in [-0.1, -0.05) is 11.6 Å². The van der Waals surface area contributed by atoms with Crippen molar-refractivity contribution in [3.63, 3.8) is 0 Å². The van der Waals surface area contributed by atoms with Crippen LogP contribution in [-0.4, -0.2) is 20.1 Å². The lowest BCUT2D eigenvalue weighted by Gasteiger charge is -2.12. The Balaban J connectivity index is 2.18. The Labute approximate surface area is 137 Å². The smallest absolute Gasteiger partial charge is 0.253 e. The van der Waals surface area contributed by atoms with Gasteiger partial charge in [0.1, 0.15) is 11.5 Å². The summed E-state index contributed by atoms with van der Waals surface area (Å²) in [6.07, 6.45) is 0. The molecule has 4 nitrogen and oxygen atoms in total. The molecule has 0 aliphatic rings. The van der Waals surface area contributed by atoms with E-state index in [0.29, 0.717) is 17.1 Å². The van der Waals surface area contributed by atoms with Crippen molar-refractivity contribution in [3.8, 4) is 11.5 Å². The van der Waals surface area contributed by atoms with E-state index >= 15 is 0 Å². The molecule has 0 radical (unpaired) electrons. The molecule has 0 saturated carbocycles. The number of amides is 1. The van der Waals surface area contributed by atoms with Crippen LogP contribution in [0, 0.1) is 11.6 Å². The van der Waals surface area contributed by atoms with Crippen LogP contribution in [0.15, 0.2) is 30.3 Å². The molecule has 0 aliphatic heterocycles. The van der Waals surface area contributed by atoms with Gasteiger partial charge in [-0.3, -0.25) is 4.79 Å². The molecular formula is C16H14ClF2NO3. The number of hydrogen-bond donors (Lipinski definition) is 1. The SMILES string of the molecule is COc1ccc(OC)c(CNC(=O)c2cc(F)c(F)cc2Cl)c1. The average molecular weight is 342 g/mol. The standard InChI is InChI=1S/C16H14ClF2NO3/c1-22-10-3-4-15(23-2)9(5-10)8-20-16(21)11-6-13(18)14(19)7-12(11)17/h3-7H,8H2,1-2H3,(H,20,21). The molecule has 0 bridgehead atoms. The van der Waals surface area contributed by atoms with Crippen LogP contribution in [-0.2, 0) is 6.54 Å². The van der Waals surface area contributed by atoms with Gasteiger partial charge in [0.15, 0.2) is 11.6 Å². The number of nitrogens with one attached hydrogen (secondary N) is 1. The highest BCUT2D eigenvalue weighted by molar-refractivity contribution is 6.33. The van der Waals surface area contributed by atoms with Gasteiger partial charge in [-0.25, -0.2) is 8.78 Å². The zero-order chi connectivity index (χ0) is 17.0. The minimum Gasteiger partial charge on any atom is -0.497 e. The third-order valence-corrected chi connectivity index (χ3v) is 3.49. The first-order valence-corrected chi connectivity index (χ1v) is 6.97. The second-order valence-corrected chi connectivity index (χ2v) is 5.01. The van der Waals surface area contributed by atoms with Crippen molar-refractivity contribution in [3.05, 3.63) is 58.1 Å². The van der Waals surface area contributed by atoms with E-state index in [2.05, 4.69) is 5.32 Å². The van der Waals surface area contributed by atoms with E-state index in [1.54, 1.807) is 18.2 Å². The van der Waals surface area contributed by atoms with Crippen LogP contribution in [0.3, 0.4) is 0 Å². The number of rotatable bonds is 5. The van der Waals surface area contributed by atoms with Crippen molar-refractivity contribution in [2.45, 2.75) is 6.54 Å². The molecule has 7 heteroatoms. The summed E-state index contributed by atoms with van der Waals surface area (Å²) < 4.78 is 36.6. The zero-order valence-electron chi connectivity index (χ0n) is 12.5. The fraction of sp³-hybridized carbons (Fsp3) is 0.188. The first-order chi connectivity index (χ1) is 11.0. The largest absolute Gasteiger partial charge is 0.497 e. The summed E-state index contributed by atoms with van der Waals surface area (Å²) in [6.45, 7) is 0.106. The molecule has 1 amide bonds. The number of benzene rings is 2. The quantitative estimate of drug-likeness (QED) is 0.846. The predicted molar refractivity (Wildman–Crippen MR) is 82.1 cm³/mol. The number of hydrogen-bond acceptors (Lipinski definition) is 3. The summed E-state index contributed by atoms with van der Waals surface area (Å²) >= 11 is 5.77. The summed E-state index contributed by atoms with van der Waals surface area (Å²) in [5.41, 5.74) is 0.520. The Bertz CT molecular complexity index is 738. The summed E-state index contributed by atoms with van der Waals surface area (Å²) in [6, 6.07) is 6.64. The Morgan fingerprint density at radius 1 is 1.13 bits per heavy atom. The summed E-state index contributed by atoms with van der Waals surface area (Å²) in [4.78, 5) is 12.1. The maximum Gasteiger partial charge on any atom is 0.253 e. The van der Waals surface area contributed by atoms with Crippen LogP contribution in [0.1, 0.15) is 15.9 Å². The van der Waals surface area contributed by atoms with Crippen LogP contribution in [0.25, 0.3) is 0 Å². The molecule has 2 aromatic rings. The molecule has 0 saturated heterocycles. The second kappa shape index (κ2) is 7.28. The van der Waals surface area contributed by atoms with Crippen LogP contribution >= 0.6 is 11.6 Å². The lowest BCUT2D eigenvalue weighted by Crippen LogP contribution is -2.23. The van der Waals surface area contributed by atoms with E-state index in [9.17, 15) is 13.6 Å². The molecule has 2 aromatic carbocycles. The number of ether oxygens (including phenoxy) is 2. The lowest BCUT2D eigenvalue weighted by molar-refractivity contribution is 0.0950. The predicted octanol–water partition coefficient (Wildman–Crippen LogP) is 3.57. The van der Waals surface area contributed by atoms with Gasteiger partial charge < -0.3 is 14.8 Å².